The third kappa shape index (κ3) is 1.61. The third-order valence-electron chi connectivity index (χ3n) is 2.78. The molecule has 4 nitrogen and oxygen atoms in total. The zero-order valence-corrected chi connectivity index (χ0v) is 9.42. The van der Waals surface area contributed by atoms with Gasteiger partial charge in [-0.3, -0.25) is 0 Å². The van der Waals surface area contributed by atoms with E-state index < -0.39 is 26.6 Å². The van der Waals surface area contributed by atoms with Gasteiger partial charge in [0.25, 0.3) is 10.0 Å². The molecule has 1 saturated carbocycles. The van der Waals surface area contributed by atoms with Crippen LogP contribution >= 0.6 is 0 Å². The zero-order chi connectivity index (χ0) is 12.2. The second-order valence-electron chi connectivity index (χ2n) is 4.07. The standard InChI is InChI=1S/C10H8F2N2O2S/c11-6-3-8(12)10-9(4-6)14(7-1-2-7)5-13-17(10,15)16/h3-5,7H,1-2H2. The van der Waals surface area contributed by atoms with Crippen molar-refractivity contribution in [2.45, 2.75) is 23.8 Å². The Labute approximate surface area is 96.6 Å². The Hall–Kier alpha value is -1.50. The summed E-state index contributed by atoms with van der Waals surface area (Å²) in [5.41, 5.74) is 0.0417. The van der Waals surface area contributed by atoms with Crippen LogP contribution in [0.5, 0.6) is 0 Å². The van der Waals surface area contributed by atoms with Gasteiger partial charge in [-0.05, 0) is 18.9 Å². The summed E-state index contributed by atoms with van der Waals surface area (Å²) < 4.78 is 53.3. The average molecular weight is 258 g/mol. The number of sulfonamides is 1. The Morgan fingerprint density at radius 1 is 1.29 bits per heavy atom. The number of hydrogen-bond acceptors (Lipinski definition) is 3. The van der Waals surface area contributed by atoms with Gasteiger partial charge in [-0.15, -0.1) is 4.40 Å². The first-order valence-electron chi connectivity index (χ1n) is 5.07. The summed E-state index contributed by atoms with van der Waals surface area (Å²) in [6.45, 7) is 0. The van der Waals surface area contributed by atoms with Gasteiger partial charge in [0.15, 0.2) is 0 Å². The van der Waals surface area contributed by atoms with Crippen molar-refractivity contribution < 1.29 is 17.2 Å². The summed E-state index contributed by atoms with van der Waals surface area (Å²) in [7, 11) is -4.04. The van der Waals surface area contributed by atoms with Gasteiger partial charge in [-0.2, -0.15) is 8.42 Å². The lowest BCUT2D eigenvalue weighted by Crippen LogP contribution is -2.30. The summed E-state index contributed by atoms with van der Waals surface area (Å²) in [5.74, 6) is -1.89. The summed E-state index contributed by atoms with van der Waals surface area (Å²) >= 11 is 0. The highest BCUT2D eigenvalue weighted by atomic mass is 32.2. The van der Waals surface area contributed by atoms with Crippen LogP contribution in [0, 0.1) is 11.6 Å². The third-order valence-corrected chi connectivity index (χ3v) is 4.07. The van der Waals surface area contributed by atoms with Crippen LogP contribution in [0.3, 0.4) is 0 Å². The predicted octanol–water partition coefficient (Wildman–Crippen LogP) is 1.66. The van der Waals surface area contributed by atoms with Crippen LogP contribution in [0.2, 0.25) is 0 Å². The number of hydrogen-bond donors (Lipinski definition) is 0. The molecule has 0 amide bonds. The molecule has 0 aromatic heterocycles. The molecule has 0 atom stereocenters. The lowest BCUT2D eigenvalue weighted by Gasteiger charge is -2.25. The average Bonchev–Trinajstić information content (AvgIpc) is 2.99. The molecular formula is C10H8F2N2O2S. The van der Waals surface area contributed by atoms with Crippen molar-refractivity contribution in [1.82, 2.24) is 0 Å². The Balaban J connectivity index is 2.28. The summed E-state index contributed by atoms with van der Waals surface area (Å²) in [4.78, 5) is 0.982. The lowest BCUT2D eigenvalue weighted by atomic mass is 10.2. The van der Waals surface area contributed by atoms with Gasteiger partial charge < -0.3 is 4.90 Å². The zero-order valence-electron chi connectivity index (χ0n) is 8.60. The fraction of sp³-hybridized carbons (Fsp3) is 0.300. The molecule has 2 aliphatic rings. The van der Waals surface area contributed by atoms with Gasteiger partial charge in [0, 0.05) is 12.1 Å². The van der Waals surface area contributed by atoms with Crippen LogP contribution in [0.1, 0.15) is 12.8 Å². The Kier molecular flexibility index (Phi) is 2.04. The number of rotatable bonds is 1. The van der Waals surface area contributed by atoms with E-state index in [1.54, 1.807) is 0 Å². The maximum absolute atomic E-state index is 13.6. The van der Waals surface area contributed by atoms with Crippen LogP contribution in [-0.2, 0) is 10.0 Å². The lowest BCUT2D eigenvalue weighted by molar-refractivity contribution is 0.548. The van der Waals surface area contributed by atoms with E-state index in [-0.39, 0.29) is 11.7 Å². The quantitative estimate of drug-likeness (QED) is 0.769. The van der Waals surface area contributed by atoms with E-state index in [9.17, 15) is 17.2 Å². The number of benzene rings is 1. The van der Waals surface area contributed by atoms with Crippen LogP contribution in [0.25, 0.3) is 0 Å². The molecule has 1 fully saturated rings. The predicted molar refractivity (Wildman–Crippen MR) is 57.5 cm³/mol. The van der Waals surface area contributed by atoms with Crippen LogP contribution in [0.15, 0.2) is 21.4 Å². The first kappa shape index (κ1) is 10.6. The van der Waals surface area contributed by atoms with Crippen LogP contribution in [-0.4, -0.2) is 20.8 Å². The monoisotopic (exact) mass is 258 g/mol. The van der Waals surface area contributed by atoms with Crippen molar-refractivity contribution in [2.75, 3.05) is 4.90 Å². The molecule has 17 heavy (non-hydrogen) atoms. The highest BCUT2D eigenvalue weighted by Crippen LogP contribution is 2.38. The van der Waals surface area contributed by atoms with E-state index in [1.165, 1.54) is 4.90 Å². The van der Waals surface area contributed by atoms with E-state index >= 15 is 0 Å². The molecule has 0 unspecified atom stereocenters. The normalized spacial score (nSPS) is 21.4. The summed E-state index contributed by atoms with van der Waals surface area (Å²) in [6.07, 6.45) is 2.86. The van der Waals surface area contributed by atoms with E-state index in [0.717, 1.165) is 25.2 Å². The van der Waals surface area contributed by atoms with Crippen molar-refractivity contribution in [2.24, 2.45) is 4.40 Å². The molecule has 0 saturated heterocycles. The van der Waals surface area contributed by atoms with Crippen molar-refractivity contribution in [3.63, 3.8) is 0 Å². The Morgan fingerprint density at radius 2 is 2.00 bits per heavy atom. The molecule has 0 spiro atoms. The molecule has 0 N–H and O–H groups in total. The largest absolute Gasteiger partial charge is 0.327 e. The molecule has 1 aliphatic carbocycles. The highest BCUT2D eigenvalue weighted by molar-refractivity contribution is 7.90. The molecular weight excluding hydrogens is 250 g/mol. The number of fused-ring (bicyclic) bond motifs is 1. The van der Waals surface area contributed by atoms with Gasteiger partial charge in [-0.1, -0.05) is 0 Å². The molecule has 1 aliphatic heterocycles. The minimum Gasteiger partial charge on any atom is -0.327 e. The molecule has 7 heteroatoms. The Morgan fingerprint density at radius 3 is 2.65 bits per heavy atom. The maximum Gasteiger partial charge on any atom is 0.288 e. The highest BCUT2D eigenvalue weighted by Gasteiger charge is 2.37. The molecule has 1 heterocycles. The summed E-state index contributed by atoms with van der Waals surface area (Å²) in [6, 6.07) is 1.68. The van der Waals surface area contributed by atoms with E-state index in [0.29, 0.717) is 6.07 Å². The Bertz CT molecular complexity index is 623. The van der Waals surface area contributed by atoms with Gasteiger partial charge >= 0.3 is 0 Å². The van der Waals surface area contributed by atoms with Crippen molar-refractivity contribution in [3.8, 4) is 0 Å². The van der Waals surface area contributed by atoms with Crippen LogP contribution in [0.4, 0.5) is 14.5 Å². The van der Waals surface area contributed by atoms with Crippen molar-refractivity contribution >= 4 is 22.0 Å². The smallest absolute Gasteiger partial charge is 0.288 e. The van der Waals surface area contributed by atoms with Crippen molar-refractivity contribution in [1.29, 1.82) is 0 Å². The molecule has 1 aromatic rings. The molecule has 90 valence electrons. The topological polar surface area (TPSA) is 49.7 Å². The SMILES string of the molecule is O=S1(=O)N=CN(C2CC2)c2cc(F)cc(F)c21. The first-order chi connectivity index (χ1) is 7.99. The second kappa shape index (κ2) is 3.25. The molecule has 3 rings (SSSR count). The van der Waals surface area contributed by atoms with E-state index in [2.05, 4.69) is 4.40 Å². The van der Waals surface area contributed by atoms with Crippen LogP contribution < -0.4 is 4.90 Å². The molecule has 0 radical (unpaired) electrons. The van der Waals surface area contributed by atoms with Gasteiger partial charge in [-0.25, -0.2) is 8.78 Å². The van der Waals surface area contributed by atoms with Gasteiger partial charge in [0.05, 0.1) is 5.69 Å². The summed E-state index contributed by atoms with van der Waals surface area (Å²) in [5, 5.41) is 0. The minimum absolute atomic E-state index is 0.0417. The molecule has 1 aromatic carbocycles. The number of halogens is 2. The number of nitrogens with zero attached hydrogens (tertiary/aromatic N) is 2. The maximum atomic E-state index is 13.6. The molecule has 0 bridgehead atoms. The fourth-order valence-electron chi connectivity index (χ4n) is 1.87. The first-order valence-corrected chi connectivity index (χ1v) is 6.51. The van der Waals surface area contributed by atoms with E-state index in [4.69, 9.17) is 0 Å². The van der Waals surface area contributed by atoms with Crippen molar-refractivity contribution in [3.05, 3.63) is 23.8 Å². The number of anilines is 1. The fourth-order valence-corrected chi connectivity index (χ4v) is 2.93. The van der Waals surface area contributed by atoms with Gasteiger partial charge in [0.2, 0.25) is 0 Å². The van der Waals surface area contributed by atoms with E-state index in [1.807, 2.05) is 0 Å². The van der Waals surface area contributed by atoms with Gasteiger partial charge in [0.1, 0.15) is 22.9 Å². The second-order valence-corrected chi connectivity index (χ2v) is 5.64. The minimum atomic E-state index is -4.04.